The average molecular weight is 290 g/mol. The van der Waals surface area contributed by atoms with Gasteiger partial charge in [-0.05, 0) is 24.3 Å². The fourth-order valence-corrected chi connectivity index (χ4v) is 2.10. The van der Waals surface area contributed by atoms with Gasteiger partial charge in [0.2, 0.25) is 5.82 Å². The Morgan fingerprint density at radius 3 is 2.70 bits per heavy atom. The van der Waals surface area contributed by atoms with E-state index >= 15 is 0 Å². The molecule has 20 heavy (non-hydrogen) atoms. The Hall–Kier alpha value is -2.40. The Balaban J connectivity index is 2.07. The quantitative estimate of drug-likeness (QED) is 0.729. The van der Waals surface area contributed by atoms with E-state index in [-0.39, 0.29) is 17.5 Å². The summed E-state index contributed by atoms with van der Waals surface area (Å²) in [6.07, 6.45) is 0. The number of rotatable bonds is 2. The van der Waals surface area contributed by atoms with Gasteiger partial charge in [-0.3, -0.25) is 0 Å². The molecule has 0 radical (unpaired) electrons. The lowest BCUT2D eigenvalue weighted by molar-refractivity contribution is 0.432. The standard InChI is InChI=1S/C14H9ClFN3O/c15-10-5-2-6-11(17)12(10)14-18-13(19-20-14)8-3-1-4-9(16)7-8/h1-7H,17H2. The number of aromatic nitrogens is 2. The first-order valence-electron chi connectivity index (χ1n) is 5.79. The maximum atomic E-state index is 13.2. The van der Waals surface area contributed by atoms with Crippen molar-refractivity contribution in [3.63, 3.8) is 0 Å². The van der Waals surface area contributed by atoms with E-state index in [0.29, 0.717) is 21.8 Å². The first kappa shape index (κ1) is 12.6. The van der Waals surface area contributed by atoms with Crippen LogP contribution in [0.3, 0.4) is 0 Å². The van der Waals surface area contributed by atoms with Crippen molar-refractivity contribution in [3.05, 3.63) is 53.3 Å². The molecule has 0 bridgehead atoms. The molecule has 0 aliphatic carbocycles. The average Bonchev–Trinajstić information content (AvgIpc) is 2.88. The minimum absolute atomic E-state index is 0.201. The first-order valence-corrected chi connectivity index (χ1v) is 6.17. The van der Waals surface area contributed by atoms with Gasteiger partial charge in [0.1, 0.15) is 5.82 Å². The van der Waals surface area contributed by atoms with E-state index in [4.69, 9.17) is 21.9 Å². The molecule has 1 heterocycles. The van der Waals surface area contributed by atoms with Crippen LogP contribution in [0.25, 0.3) is 22.8 Å². The van der Waals surface area contributed by atoms with Gasteiger partial charge in [0, 0.05) is 11.3 Å². The monoisotopic (exact) mass is 289 g/mol. The number of nitrogen functional groups attached to an aromatic ring is 1. The van der Waals surface area contributed by atoms with E-state index in [1.54, 1.807) is 30.3 Å². The van der Waals surface area contributed by atoms with Crippen molar-refractivity contribution in [1.82, 2.24) is 10.1 Å². The smallest absolute Gasteiger partial charge is 0.261 e. The number of nitrogens with zero attached hydrogens (tertiary/aromatic N) is 2. The Morgan fingerprint density at radius 1 is 1.15 bits per heavy atom. The molecule has 2 aromatic carbocycles. The van der Waals surface area contributed by atoms with E-state index < -0.39 is 0 Å². The molecule has 0 spiro atoms. The summed E-state index contributed by atoms with van der Waals surface area (Å²) in [6.45, 7) is 0. The van der Waals surface area contributed by atoms with E-state index in [9.17, 15) is 4.39 Å². The number of hydrogen-bond acceptors (Lipinski definition) is 4. The Labute approximate surface area is 119 Å². The molecule has 3 aromatic rings. The fourth-order valence-electron chi connectivity index (χ4n) is 1.84. The van der Waals surface area contributed by atoms with Crippen LogP contribution >= 0.6 is 11.6 Å². The van der Waals surface area contributed by atoms with Gasteiger partial charge >= 0.3 is 0 Å². The van der Waals surface area contributed by atoms with Gasteiger partial charge in [-0.1, -0.05) is 35.0 Å². The van der Waals surface area contributed by atoms with E-state index in [0.717, 1.165) is 0 Å². The molecular weight excluding hydrogens is 281 g/mol. The molecule has 100 valence electrons. The normalized spacial score (nSPS) is 10.7. The third-order valence-corrected chi connectivity index (χ3v) is 3.08. The summed E-state index contributed by atoms with van der Waals surface area (Å²) < 4.78 is 18.3. The summed E-state index contributed by atoms with van der Waals surface area (Å²) in [5.41, 5.74) is 7.29. The predicted molar refractivity (Wildman–Crippen MR) is 74.6 cm³/mol. The highest BCUT2D eigenvalue weighted by Gasteiger charge is 2.16. The van der Waals surface area contributed by atoms with E-state index in [1.165, 1.54) is 12.1 Å². The zero-order valence-electron chi connectivity index (χ0n) is 10.2. The van der Waals surface area contributed by atoms with Gasteiger partial charge in [0.05, 0.1) is 10.6 Å². The number of benzene rings is 2. The van der Waals surface area contributed by atoms with Crippen LogP contribution in [0.1, 0.15) is 0 Å². The van der Waals surface area contributed by atoms with Crippen molar-refractivity contribution < 1.29 is 8.91 Å². The lowest BCUT2D eigenvalue weighted by Gasteiger charge is -2.01. The van der Waals surface area contributed by atoms with Crippen molar-refractivity contribution in [2.75, 3.05) is 5.73 Å². The predicted octanol–water partition coefficient (Wildman–Crippen LogP) is 3.78. The molecule has 3 rings (SSSR count). The van der Waals surface area contributed by atoms with E-state index in [2.05, 4.69) is 10.1 Å². The summed E-state index contributed by atoms with van der Waals surface area (Å²) in [6, 6.07) is 11.0. The van der Waals surface area contributed by atoms with Crippen molar-refractivity contribution >= 4 is 17.3 Å². The molecule has 0 aliphatic heterocycles. The summed E-state index contributed by atoms with van der Waals surface area (Å²) in [5.74, 6) is 0.109. The Bertz CT molecular complexity index is 752. The molecule has 2 N–H and O–H groups in total. The highest BCUT2D eigenvalue weighted by molar-refractivity contribution is 6.33. The summed E-state index contributed by atoms with van der Waals surface area (Å²) in [5, 5.41) is 4.24. The molecule has 4 nitrogen and oxygen atoms in total. The van der Waals surface area contributed by atoms with Crippen LogP contribution in [0.2, 0.25) is 5.02 Å². The van der Waals surface area contributed by atoms with Gasteiger partial charge in [-0.25, -0.2) is 4.39 Å². The molecule has 0 saturated heterocycles. The lowest BCUT2D eigenvalue weighted by atomic mass is 10.2. The Kier molecular flexibility index (Phi) is 3.12. The van der Waals surface area contributed by atoms with Crippen LogP contribution in [-0.4, -0.2) is 10.1 Å². The second-order valence-corrected chi connectivity index (χ2v) is 4.54. The van der Waals surface area contributed by atoms with Crippen LogP contribution in [0.4, 0.5) is 10.1 Å². The summed E-state index contributed by atoms with van der Waals surface area (Å²) in [7, 11) is 0. The van der Waals surface area contributed by atoms with Crippen molar-refractivity contribution in [1.29, 1.82) is 0 Å². The summed E-state index contributed by atoms with van der Waals surface area (Å²) in [4.78, 5) is 4.20. The minimum Gasteiger partial charge on any atom is -0.398 e. The minimum atomic E-state index is -0.369. The van der Waals surface area contributed by atoms with Crippen molar-refractivity contribution in [2.45, 2.75) is 0 Å². The molecule has 0 atom stereocenters. The fraction of sp³-hybridized carbons (Fsp3) is 0. The third kappa shape index (κ3) is 2.23. The van der Waals surface area contributed by atoms with E-state index in [1.807, 2.05) is 0 Å². The highest BCUT2D eigenvalue weighted by Crippen LogP contribution is 2.33. The van der Waals surface area contributed by atoms with Crippen molar-refractivity contribution in [2.24, 2.45) is 0 Å². The largest absolute Gasteiger partial charge is 0.398 e. The number of nitrogens with two attached hydrogens (primary N) is 1. The zero-order chi connectivity index (χ0) is 14.1. The second kappa shape index (κ2) is 4.94. The van der Waals surface area contributed by atoms with Gasteiger partial charge in [-0.2, -0.15) is 4.98 Å². The lowest BCUT2D eigenvalue weighted by Crippen LogP contribution is -1.91. The summed E-state index contributed by atoms with van der Waals surface area (Å²) >= 11 is 6.08. The van der Waals surface area contributed by atoms with Crippen LogP contribution in [0.5, 0.6) is 0 Å². The molecule has 0 amide bonds. The van der Waals surface area contributed by atoms with Gasteiger partial charge in [0.25, 0.3) is 5.89 Å². The maximum absolute atomic E-state index is 13.2. The second-order valence-electron chi connectivity index (χ2n) is 4.14. The number of halogens is 2. The van der Waals surface area contributed by atoms with Crippen LogP contribution in [0, 0.1) is 5.82 Å². The highest BCUT2D eigenvalue weighted by atomic mass is 35.5. The van der Waals surface area contributed by atoms with Gasteiger partial charge < -0.3 is 10.3 Å². The van der Waals surface area contributed by atoms with Crippen LogP contribution in [0.15, 0.2) is 47.0 Å². The molecule has 0 unspecified atom stereocenters. The zero-order valence-corrected chi connectivity index (χ0v) is 10.9. The maximum Gasteiger partial charge on any atom is 0.261 e. The molecule has 6 heteroatoms. The number of hydrogen-bond donors (Lipinski definition) is 1. The SMILES string of the molecule is Nc1cccc(Cl)c1-c1nc(-c2cccc(F)c2)no1. The van der Waals surface area contributed by atoms with Gasteiger partial charge in [-0.15, -0.1) is 0 Å². The first-order chi connectivity index (χ1) is 9.65. The molecule has 1 aromatic heterocycles. The van der Waals surface area contributed by atoms with Gasteiger partial charge in [0.15, 0.2) is 0 Å². The van der Waals surface area contributed by atoms with Crippen LogP contribution in [-0.2, 0) is 0 Å². The molecule has 0 saturated carbocycles. The molecular formula is C14H9ClFN3O. The topological polar surface area (TPSA) is 64.9 Å². The third-order valence-electron chi connectivity index (χ3n) is 2.77. The number of anilines is 1. The van der Waals surface area contributed by atoms with Crippen LogP contribution < -0.4 is 5.73 Å². The van der Waals surface area contributed by atoms with Crippen molar-refractivity contribution in [3.8, 4) is 22.8 Å². The Morgan fingerprint density at radius 2 is 1.95 bits per heavy atom. The molecule has 0 fully saturated rings. The molecule has 0 aliphatic rings.